The summed E-state index contributed by atoms with van der Waals surface area (Å²) in [5.74, 6) is 0. The van der Waals surface area contributed by atoms with Crippen LogP contribution in [-0.4, -0.2) is 35.1 Å². The van der Waals surface area contributed by atoms with E-state index in [2.05, 4.69) is 65.1 Å². The van der Waals surface area contributed by atoms with E-state index in [1.54, 1.807) is 0 Å². The Bertz CT molecular complexity index is 714. The van der Waals surface area contributed by atoms with Crippen molar-refractivity contribution in [1.82, 2.24) is 14.5 Å². The van der Waals surface area contributed by atoms with E-state index >= 15 is 0 Å². The van der Waals surface area contributed by atoms with Crippen LogP contribution in [0, 0.1) is 0 Å². The summed E-state index contributed by atoms with van der Waals surface area (Å²) in [6.07, 6.45) is 7.08. The van der Waals surface area contributed by atoms with Crippen molar-refractivity contribution >= 4 is 10.9 Å². The van der Waals surface area contributed by atoms with Crippen LogP contribution in [0.15, 0.2) is 55.0 Å². The standard InChI is InChI=1S/C18H21N3/c1-20(2)10-4-11-21-12-8-15-6-7-16(13-18(15)21)17-5-3-9-19-14-17/h3,5-9,12-14H,4,10-11H2,1-2H3. The molecule has 0 bridgehead atoms. The number of hydrogen-bond acceptors (Lipinski definition) is 2. The van der Waals surface area contributed by atoms with Crippen LogP contribution < -0.4 is 0 Å². The summed E-state index contributed by atoms with van der Waals surface area (Å²) in [5.41, 5.74) is 3.69. The number of pyridine rings is 1. The van der Waals surface area contributed by atoms with Crippen molar-refractivity contribution in [3.63, 3.8) is 0 Å². The maximum atomic E-state index is 4.21. The average Bonchev–Trinajstić information content (AvgIpc) is 2.90. The molecular weight excluding hydrogens is 258 g/mol. The molecule has 3 heteroatoms. The van der Waals surface area contributed by atoms with Crippen LogP contribution in [0.25, 0.3) is 22.0 Å². The van der Waals surface area contributed by atoms with E-state index in [4.69, 9.17) is 0 Å². The van der Waals surface area contributed by atoms with Crippen LogP contribution in [0.4, 0.5) is 0 Å². The number of aromatic nitrogens is 2. The van der Waals surface area contributed by atoms with Gasteiger partial charge >= 0.3 is 0 Å². The molecule has 3 rings (SSSR count). The molecular formula is C18H21N3. The van der Waals surface area contributed by atoms with Crippen molar-refractivity contribution in [2.24, 2.45) is 0 Å². The Morgan fingerprint density at radius 2 is 2.00 bits per heavy atom. The average molecular weight is 279 g/mol. The van der Waals surface area contributed by atoms with Crippen molar-refractivity contribution in [2.45, 2.75) is 13.0 Å². The lowest BCUT2D eigenvalue weighted by molar-refractivity contribution is 0.388. The third-order valence-corrected chi connectivity index (χ3v) is 3.77. The molecule has 21 heavy (non-hydrogen) atoms. The molecule has 0 fully saturated rings. The highest BCUT2D eigenvalue weighted by molar-refractivity contribution is 5.85. The Morgan fingerprint density at radius 1 is 1.10 bits per heavy atom. The Balaban J connectivity index is 1.89. The van der Waals surface area contributed by atoms with Gasteiger partial charge in [-0.25, -0.2) is 0 Å². The summed E-state index contributed by atoms with van der Waals surface area (Å²) in [6, 6.07) is 12.9. The van der Waals surface area contributed by atoms with Gasteiger partial charge in [-0.15, -0.1) is 0 Å². The molecule has 1 aromatic carbocycles. The monoisotopic (exact) mass is 279 g/mol. The molecule has 0 aliphatic heterocycles. The molecule has 0 aliphatic carbocycles. The highest BCUT2D eigenvalue weighted by Gasteiger charge is 2.04. The van der Waals surface area contributed by atoms with Crippen LogP contribution in [0.1, 0.15) is 6.42 Å². The van der Waals surface area contributed by atoms with Crippen molar-refractivity contribution in [1.29, 1.82) is 0 Å². The predicted molar refractivity (Wildman–Crippen MR) is 88.3 cm³/mol. The maximum absolute atomic E-state index is 4.21. The molecule has 0 saturated carbocycles. The largest absolute Gasteiger partial charge is 0.347 e. The van der Waals surface area contributed by atoms with E-state index in [-0.39, 0.29) is 0 Å². The summed E-state index contributed by atoms with van der Waals surface area (Å²) in [5, 5.41) is 1.30. The fourth-order valence-electron chi connectivity index (χ4n) is 2.65. The summed E-state index contributed by atoms with van der Waals surface area (Å²) in [6.45, 7) is 2.17. The van der Waals surface area contributed by atoms with Gasteiger partial charge in [0, 0.05) is 36.2 Å². The van der Waals surface area contributed by atoms with Crippen molar-refractivity contribution in [3.05, 3.63) is 55.0 Å². The molecule has 0 amide bonds. The van der Waals surface area contributed by atoms with Gasteiger partial charge in [-0.2, -0.15) is 0 Å². The van der Waals surface area contributed by atoms with Crippen molar-refractivity contribution in [2.75, 3.05) is 20.6 Å². The highest BCUT2D eigenvalue weighted by atomic mass is 15.1. The smallest absolute Gasteiger partial charge is 0.0486 e. The Labute approximate surface area is 125 Å². The van der Waals surface area contributed by atoms with Crippen molar-refractivity contribution < 1.29 is 0 Å². The van der Waals surface area contributed by atoms with E-state index in [1.165, 1.54) is 22.0 Å². The van der Waals surface area contributed by atoms with Gasteiger partial charge in [-0.05, 0) is 56.2 Å². The van der Waals surface area contributed by atoms with E-state index in [0.29, 0.717) is 0 Å². The van der Waals surface area contributed by atoms with E-state index in [9.17, 15) is 0 Å². The molecule has 2 heterocycles. The van der Waals surface area contributed by atoms with E-state index in [0.717, 1.165) is 19.5 Å². The SMILES string of the molecule is CN(C)CCCn1ccc2ccc(-c3cccnc3)cc21. The molecule has 0 saturated heterocycles. The summed E-state index contributed by atoms with van der Waals surface area (Å²) in [4.78, 5) is 6.44. The lowest BCUT2D eigenvalue weighted by Crippen LogP contribution is -2.14. The fourth-order valence-corrected chi connectivity index (χ4v) is 2.65. The fraction of sp³-hybridized carbons (Fsp3) is 0.278. The minimum absolute atomic E-state index is 1.05. The summed E-state index contributed by atoms with van der Waals surface area (Å²) in [7, 11) is 4.24. The number of aryl methyl sites for hydroxylation is 1. The first-order valence-corrected chi connectivity index (χ1v) is 7.38. The van der Waals surface area contributed by atoms with Gasteiger partial charge in [0.1, 0.15) is 0 Å². The first kappa shape index (κ1) is 13.8. The zero-order valence-electron chi connectivity index (χ0n) is 12.7. The van der Waals surface area contributed by atoms with Gasteiger partial charge in [0.15, 0.2) is 0 Å². The summed E-state index contributed by atoms with van der Waals surface area (Å²) >= 11 is 0. The number of rotatable bonds is 5. The first-order valence-electron chi connectivity index (χ1n) is 7.38. The minimum atomic E-state index is 1.05. The Morgan fingerprint density at radius 3 is 2.76 bits per heavy atom. The molecule has 0 radical (unpaired) electrons. The maximum Gasteiger partial charge on any atom is 0.0486 e. The van der Waals surface area contributed by atoms with Crippen molar-refractivity contribution in [3.8, 4) is 11.1 Å². The molecule has 2 aromatic heterocycles. The second-order valence-corrected chi connectivity index (χ2v) is 5.68. The van der Waals surface area contributed by atoms with Crippen LogP contribution in [0.5, 0.6) is 0 Å². The quantitative estimate of drug-likeness (QED) is 0.711. The van der Waals surface area contributed by atoms with Gasteiger partial charge in [-0.1, -0.05) is 18.2 Å². The second kappa shape index (κ2) is 6.10. The topological polar surface area (TPSA) is 21.1 Å². The van der Waals surface area contributed by atoms with Gasteiger partial charge < -0.3 is 9.47 Å². The van der Waals surface area contributed by atoms with Gasteiger partial charge in [0.25, 0.3) is 0 Å². The van der Waals surface area contributed by atoms with Crippen LogP contribution in [-0.2, 0) is 6.54 Å². The highest BCUT2D eigenvalue weighted by Crippen LogP contribution is 2.24. The molecule has 3 aromatic rings. The number of benzene rings is 1. The molecule has 108 valence electrons. The number of nitrogens with zero attached hydrogens (tertiary/aromatic N) is 3. The lowest BCUT2D eigenvalue weighted by atomic mass is 10.1. The van der Waals surface area contributed by atoms with E-state index in [1.807, 2.05) is 18.5 Å². The Kier molecular flexibility index (Phi) is 4.02. The number of fused-ring (bicyclic) bond motifs is 1. The molecule has 0 aliphatic rings. The molecule has 3 nitrogen and oxygen atoms in total. The molecule has 0 unspecified atom stereocenters. The first-order chi connectivity index (χ1) is 10.2. The number of hydrogen-bond donors (Lipinski definition) is 0. The summed E-state index contributed by atoms with van der Waals surface area (Å²) < 4.78 is 2.35. The van der Waals surface area contributed by atoms with E-state index < -0.39 is 0 Å². The van der Waals surface area contributed by atoms with Crippen LogP contribution in [0.3, 0.4) is 0 Å². The Hall–Kier alpha value is -2.13. The van der Waals surface area contributed by atoms with Crippen LogP contribution in [0.2, 0.25) is 0 Å². The van der Waals surface area contributed by atoms with Gasteiger partial charge in [0.05, 0.1) is 0 Å². The molecule has 0 spiro atoms. The normalized spacial score (nSPS) is 11.4. The molecule has 0 atom stereocenters. The third kappa shape index (κ3) is 3.14. The van der Waals surface area contributed by atoms with Crippen LogP contribution >= 0.6 is 0 Å². The predicted octanol–water partition coefficient (Wildman–Crippen LogP) is 3.66. The van der Waals surface area contributed by atoms with Gasteiger partial charge in [0.2, 0.25) is 0 Å². The van der Waals surface area contributed by atoms with Gasteiger partial charge in [-0.3, -0.25) is 4.98 Å². The second-order valence-electron chi connectivity index (χ2n) is 5.68. The lowest BCUT2D eigenvalue weighted by Gasteiger charge is -2.11. The molecule has 0 N–H and O–H groups in total. The minimum Gasteiger partial charge on any atom is -0.347 e. The zero-order chi connectivity index (χ0) is 14.7. The zero-order valence-corrected chi connectivity index (χ0v) is 12.7. The third-order valence-electron chi connectivity index (χ3n) is 3.77.